The fourth-order valence-corrected chi connectivity index (χ4v) is 3.96. The van der Waals surface area contributed by atoms with Crippen molar-refractivity contribution in [1.82, 2.24) is 29.6 Å². The van der Waals surface area contributed by atoms with E-state index in [4.69, 9.17) is 4.74 Å². The van der Waals surface area contributed by atoms with Crippen LogP contribution < -0.4 is 10.1 Å². The van der Waals surface area contributed by atoms with Gasteiger partial charge in [0.2, 0.25) is 17.7 Å². The van der Waals surface area contributed by atoms with E-state index in [1.807, 2.05) is 35.0 Å². The molecule has 2 fully saturated rings. The molecule has 29 heavy (non-hydrogen) atoms. The molecule has 1 aliphatic heterocycles. The number of ether oxygens (including phenoxy) is 1. The molecule has 1 spiro atoms. The zero-order chi connectivity index (χ0) is 20.0. The standard InChI is InChI=1S/C20H23N7O2/c1-3-16(28)26-11-15(20(12-26)6-7-20)29-18-14-5-8-21-17(14)24-19(25-18)23-13-9-22-27(4-2)10-13/h3,5,8-10,15H,1,4,6-7,11-12H2,2H3,(H2,21,23,24,25)/t15-/m1/s1. The van der Waals surface area contributed by atoms with Crippen LogP contribution in [0.15, 0.2) is 37.3 Å². The number of carbonyl (C=O) groups excluding carboxylic acids is 1. The molecule has 1 saturated carbocycles. The summed E-state index contributed by atoms with van der Waals surface area (Å²) in [5, 5.41) is 8.28. The van der Waals surface area contributed by atoms with Crippen molar-refractivity contribution in [2.24, 2.45) is 5.41 Å². The molecule has 4 heterocycles. The first kappa shape index (κ1) is 17.7. The highest BCUT2D eigenvalue weighted by molar-refractivity contribution is 5.87. The van der Waals surface area contributed by atoms with Crippen LogP contribution >= 0.6 is 0 Å². The SMILES string of the molecule is C=CC(=O)N1C[C@@H](Oc2nc(Nc3cnn(CC)c3)nc3[nH]ccc23)C2(CC2)C1. The zero-order valence-electron chi connectivity index (χ0n) is 16.3. The lowest BCUT2D eigenvalue weighted by Crippen LogP contribution is -2.30. The second kappa shape index (κ2) is 6.61. The van der Waals surface area contributed by atoms with Crippen LogP contribution in [0.25, 0.3) is 11.0 Å². The van der Waals surface area contributed by atoms with Crippen molar-refractivity contribution in [3.05, 3.63) is 37.3 Å². The largest absolute Gasteiger partial charge is 0.471 e. The average Bonchev–Trinajstić information content (AvgIpc) is 3.07. The number of aromatic amines is 1. The third-order valence-electron chi connectivity index (χ3n) is 5.80. The lowest BCUT2D eigenvalue weighted by atomic mass is 10.0. The van der Waals surface area contributed by atoms with Gasteiger partial charge in [0, 0.05) is 30.9 Å². The van der Waals surface area contributed by atoms with Crippen LogP contribution in [0.3, 0.4) is 0 Å². The fraction of sp³-hybridized carbons (Fsp3) is 0.400. The third-order valence-corrected chi connectivity index (χ3v) is 5.80. The number of H-pyrrole nitrogens is 1. The number of likely N-dealkylation sites (tertiary alicyclic amines) is 1. The first-order chi connectivity index (χ1) is 14.1. The summed E-state index contributed by atoms with van der Waals surface area (Å²) in [7, 11) is 0. The molecule has 2 aliphatic rings. The van der Waals surface area contributed by atoms with Crippen molar-refractivity contribution in [2.45, 2.75) is 32.4 Å². The van der Waals surface area contributed by atoms with E-state index in [0.717, 1.165) is 30.5 Å². The highest BCUT2D eigenvalue weighted by atomic mass is 16.5. The maximum absolute atomic E-state index is 12.1. The van der Waals surface area contributed by atoms with E-state index in [1.54, 1.807) is 6.20 Å². The van der Waals surface area contributed by atoms with Gasteiger partial charge in [-0.2, -0.15) is 15.1 Å². The summed E-state index contributed by atoms with van der Waals surface area (Å²) >= 11 is 0. The monoisotopic (exact) mass is 393 g/mol. The van der Waals surface area contributed by atoms with Gasteiger partial charge in [0.15, 0.2) is 0 Å². The van der Waals surface area contributed by atoms with Crippen molar-refractivity contribution < 1.29 is 9.53 Å². The number of anilines is 2. The zero-order valence-corrected chi connectivity index (χ0v) is 16.3. The van der Waals surface area contributed by atoms with Gasteiger partial charge in [-0.25, -0.2) is 0 Å². The highest BCUT2D eigenvalue weighted by Crippen LogP contribution is 2.54. The number of nitrogens with zero attached hydrogens (tertiary/aromatic N) is 5. The Morgan fingerprint density at radius 2 is 2.34 bits per heavy atom. The molecule has 3 aromatic rings. The average molecular weight is 393 g/mol. The van der Waals surface area contributed by atoms with Crippen LogP contribution in [0.5, 0.6) is 5.88 Å². The number of rotatable bonds is 6. The predicted octanol–water partition coefficient (Wildman–Crippen LogP) is 2.47. The Morgan fingerprint density at radius 3 is 3.07 bits per heavy atom. The van der Waals surface area contributed by atoms with Gasteiger partial charge in [-0.1, -0.05) is 6.58 Å². The van der Waals surface area contributed by atoms with Crippen molar-refractivity contribution in [3.63, 3.8) is 0 Å². The number of amides is 1. The summed E-state index contributed by atoms with van der Waals surface area (Å²) in [6, 6.07) is 1.91. The Bertz CT molecular complexity index is 1080. The molecule has 0 unspecified atom stereocenters. The van der Waals surface area contributed by atoms with Crippen LogP contribution in [-0.2, 0) is 11.3 Å². The lowest BCUT2D eigenvalue weighted by molar-refractivity contribution is -0.125. The third kappa shape index (κ3) is 3.12. The highest BCUT2D eigenvalue weighted by Gasteiger charge is 2.57. The molecule has 9 heteroatoms. The molecule has 1 amide bonds. The molecule has 0 bridgehead atoms. The van der Waals surface area contributed by atoms with Crippen LogP contribution in [0.2, 0.25) is 0 Å². The molecule has 150 valence electrons. The van der Waals surface area contributed by atoms with Gasteiger partial charge >= 0.3 is 0 Å². The first-order valence-electron chi connectivity index (χ1n) is 9.83. The normalized spacial score (nSPS) is 19.6. The minimum atomic E-state index is -0.0879. The second-order valence-corrected chi connectivity index (χ2v) is 7.69. The molecule has 1 saturated heterocycles. The number of hydrogen-bond acceptors (Lipinski definition) is 6. The summed E-state index contributed by atoms with van der Waals surface area (Å²) in [6.07, 6.45) is 8.85. The Morgan fingerprint density at radius 1 is 1.48 bits per heavy atom. The van der Waals surface area contributed by atoms with Gasteiger partial charge in [-0.05, 0) is 31.9 Å². The predicted molar refractivity (Wildman–Crippen MR) is 108 cm³/mol. The van der Waals surface area contributed by atoms with Gasteiger partial charge in [0.05, 0.1) is 23.8 Å². The van der Waals surface area contributed by atoms with Gasteiger partial charge in [0.1, 0.15) is 11.8 Å². The minimum Gasteiger partial charge on any atom is -0.471 e. The fourth-order valence-electron chi connectivity index (χ4n) is 3.96. The Balaban J connectivity index is 1.43. The number of aromatic nitrogens is 5. The summed E-state index contributed by atoms with van der Waals surface area (Å²) in [5.41, 5.74) is 1.54. The van der Waals surface area contributed by atoms with Crippen molar-refractivity contribution >= 4 is 28.6 Å². The van der Waals surface area contributed by atoms with Crippen molar-refractivity contribution in [1.29, 1.82) is 0 Å². The second-order valence-electron chi connectivity index (χ2n) is 7.69. The molecule has 5 rings (SSSR count). The van der Waals surface area contributed by atoms with Crippen molar-refractivity contribution in [2.75, 3.05) is 18.4 Å². The van der Waals surface area contributed by atoms with Gasteiger partial charge in [0.25, 0.3) is 0 Å². The Kier molecular flexibility index (Phi) is 4.04. The maximum Gasteiger partial charge on any atom is 0.246 e. The summed E-state index contributed by atoms with van der Waals surface area (Å²) in [4.78, 5) is 26.2. The number of aryl methyl sites for hydroxylation is 1. The smallest absolute Gasteiger partial charge is 0.246 e. The number of fused-ring (bicyclic) bond motifs is 1. The first-order valence-corrected chi connectivity index (χ1v) is 9.83. The summed E-state index contributed by atoms with van der Waals surface area (Å²) < 4.78 is 8.22. The molecule has 9 nitrogen and oxygen atoms in total. The van der Waals surface area contributed by atoms with Crippen molar-refractivity contribution in [3.8, 4) is 5.88 Å². The van der Waals surface area contributed by atoms with E-state index in [-0.39, 0.29) is 17.4 Å². The molecule has 0 aromatic carbocycles. The van der Waals surface area contributed by atoms with Crippen LogP contribution in [0.1, 0.15) is 19.8 Å². The summed E-state index contributed by atoms with van der Waals surface area (Å²) in [5.74, 6) is 0.908. The topological polar surface area (TPSA) is 101 Å². The van der Waals surface area contributed by atoms with Crippen LogP contribution in [0.4, 0.5) is 11.6 Å². The van der Waals surface area contributed by atoms with Crippen LogP contribution in [0, 0.1) is 5.41 Å². The molecule has 1 aliphatic carbocycles. The van der Waals surface area contributed by atoms with Gasteiger partial charge < -0.3 is 19.9 Å². The quantitative estimate of drug-likeness (QED) is 0.624. The van der Waals surface area contributed by atoms with Crippen LogP contribution in [-0.4, -0.2) is 54.7 Å². The molecule has 2 N–H and O–H groups in total. The number of nitrogens with one attached hydrogen (secondary N) is 2. The molecule has 1 atom stereocenters. The van der Waals surface area contributed by atoms with Gasteiger partial charge in [-0.3, -0.25) is 9.48 Å². The van der Waals surface area contributed by atoms with E-state index in [0.29, 0.717) is 30.6 Å². The lowest BCUT2D eigenvalue weighted by Gasteiger charge is -2.19. The minimum absolute atomic E-state index is 0.0299. The molecular weight excluding hydrogens is 370 g/mol. The van der Waals surface area contributed by atoms with Gasteiger partial charge in [-0.15, -0.1) is 0 Å². The molecule has 3 aromatic heterocycles. The van der Waals surface area contributed by atoms with E-state index in [1.165, 1.54) is 6.08 Å². The summed E-state index contributed by atoms with van der Waals surface area (Å²) in [6.45, 7) is 7.68. The molecular formula is C20H23N7O2. The van der Waals surface area contributed by atoms with E-state index >= 15 is 0 Å². The Hall–Kier alpha value is -3.36. The van der Waals surface area contributed by atoms with E-state index < -0.39 is 0 Å². The number of hydrogen-bond donors (Lipinski definition) is 2. The van der Waals surface area contributed by atoms with E-state index in [2.05, 4.69) is 31.9 Å². The maximum atomic E-state index is 12.1. The Labute approximate surface area is 167 Å². The molecule has 0 radical (unpaired) electrons. The van der Waals surface area contributed by atoms with E-state index in [9.17, 15) is 4.79 Å². The number of carbonyl (C=O) groups is 1.